The first-order chi connectivity index (χ1) is 10.7. The topological polar surface area (TPSA) is 59.6 Å². The maximum Gasteiger partial charge on any atom is 0.319 e. The van der Waals surface area contributed by atoms with E-state index in [1.54, 1.807) is 0 Å². The Bertz CT molecular complexity index is 450. The summed E-state index contributed by atoms with van der Waals surface area (Å²) in [5.74, 6) is 0.695. The molecule has 1 rings (SSSR count). The molecule has 0 spiro atoms. The second-order valence-electron chi connectivity index (χ2n) is 5.13. The fourth-order valence-corrected chi connectivity index (χ4v) is 1.90. The number of benzene rings is 1. The van der Waals surface area contributed by atoms with Gasteiger partial charge in [0.25, 0.3) is 0 Å². The SMILES string of the molecule is CCCCOCCCNC(=O)Nc1ccc(C)cc1OCC. The lowest BCUT2D eigenvalue weighted by Crippen LogP contribution is -2.30. The Morgan fingerprint density at radius 3 is 2.68 bits per heavy atom. The summed E-state index contributed by atoms with van der Waals surface area (Å²) in [4.78, 5) is 11.9. The smallest absolute Gasteiger partial charge is 0.319 e. The minimum Gasteiger partial charge on any atom is -0.492 e. The monoisotopic (exact) mass is 308 g/mol. The van der Waals surface area contributed by atoms with Crippen LogP contribution in [-0.2, 0) is 4.74 Å². The summed E-state index contributed by atoms with van der Waals surface area (Å²) in [5, 5.41) is 5.64. The molecule has 0 aliphatic heterocycles. The Balaban J connectivity index is 2.30. The Morgan fingerprint density at radius 1 is 1.18 bits per heavy atom. The average Bonchev–Trinajstić information content (AvgIpc) is 2.49. The van der Waals surface area contributed by atoms with Crippen LogP contribution in [0.4, 0.5) is 10.5 Å². The van der Waals surface area contributed by atoms with Crippen molar-refractivity contribution in [1.29, 1.82) is 0 Å². The van der Waals surface area contributed by atoms with Gasteiger partial charge in [-0.2, -0.15) is 0 Å². The molecule has 5 nitrogen and oxygen atoms in total. The molecule has 0 saturated heterocycles. The van der Waals surface area contributed by atoms with Crippen LogP contribution in [0.15, 0.2) is 18.2 Å². The Labute approximate surface area is 133 Å². The lowest BCUT2D eigenvalue weighted by molar-refractivity contribution is 0.129. The quantitative estimate of drug-likeness (QED) is 0.648. The molecule has 0 aliphatic carbocycles. The molecule has 0 fully saturated rings. The number of anilines is 1. The number of urea groups is 1. The van der Waals surface area contributed by atoms with Crippen LogP contribution in [0.3, 0.4) is 0 Å². The van der Waals surface area contributed by atoms with Crippen molar-refractivity contribution in [2.75, 3.05) is 31.7 Å². The molecule has 0 unspecified atom stereocenters. The van der Waals surface area contributed by atoms with Gasteiger partial charge in [0.15, 0.2) is 0 Å². The first-order valence-electron chi connectivity index (χ1n) is 8.03. The number of hydrogen-bond acceptors (Lipinski definition) is 3. The summed E-state index contributed by atoms with van der Waals surface area (Å²) in [5.41, 5.74) is 1.78. The molecule has 2 N–H and O–H groups in total. The van der Waals surface area contributed by atoms with Gasteiger partial charge in [0.1, 0.15) is 5.75 Å². The highest BCUT2D eigenvalue weighted by Gasteiger charge is 2.07. The number of rotatable bonds is 10. The molecule has 5 heteroatoms. The van der Waals surface area contributed by atoms with Gasteiger partial charge in [0.05, 0.1) is 12.3 Å². The van der Waals surface area contributed by atoms with E-state index in [1.807, 2.05) is 32.0 Å². The summed E-state index contributed by atoms with van der Waals surface area (Å²) < 4.78 is 11.0. The molecule has 0 bridgehead atoms. The highest BCUT2D eigenvalue weighted by atomic mass is 16.5. The van der Waals surface area contributed by atoms with Gasteiger partial charge >= 0.3 is 6.03 Å². The van der Waals surface area contributed by atoms with Gasteiger partial charge in [0, 0.05) is 19.8 Å². The van der Waals surface area contributed by atoms with Crippen LogP contribution < -0.4 is 15.4 Å². The summed E-state index contributed by atoms with van der Waals surface area (Å²) in [6, 6.07) is 5.49. The summed E-state index contributed by atoms with van der Waals surface area (Å²) >= 11 is 0. The number of carbonyl (C=O) groups excluding carboxylic acids is 1. The lowest BCUT2D eigenvalue weighted by atomic mass is 10.2. The fourth-order valence-electron chi connectivity index (χ4n) is 1.90. The maximum atomic E-state index is 11.9. The van der Waals surface area contributed by atoms with Gasteiger partial charge in [-0.05, 0) is 44.4 Å². The van der Waals surface area contributed by atoms with Gasteiger partial charge in [0.2, 0.25) is 0 Å². The van der Waals surface area contributed by atoms with Crippen LogP contribution in [0.2, 0.25) is 0 Å². The molecule has 1 aromatic rings. The van der Waals surface area contributed by atoms with Crippen molar-refractivity contribution in [2.45, 2.75) is 40.0 Å². The largest absolute Gasteiger partial charge is 0.492 e. The fraction of sp³-hybridized carbons (Fsp3) is 0.588. The summed E-state index contributed by atoms with van der Waals surface area (Å²) in [6.45, 7) is 8.67. The third-order valence-corrected chi connectivity index (χ3v) is 3.08. The van der Waals surface area contributed by atoms with E-state index in [0.717, 1.165) is 31.4 Å². The molecular weight excluding hydrogens is 280 g/mol. The predicted molar refractivity (Wildman–Crippen MR) is 89.7 cm³/mol. The van der Waals surface area contributed by atoms with Crippen molar-refractivity contribution in [3.8, 4) is 5.75 Å². The molecule has 0 radical (unpaired) electrons. The number of carbonyl (C=O) groups is 1. The van der Waals surface area contributed by atoms with Crippen molar-refractivity contribution < 1.29 is 14.3 Å². The maximum absolute atomic E-state index is 11.9. The van der Waals surface area contributed by atoms with E-state index < -0.39 is 0 Å². The molecule has 0 heterocycles. The first-order valence-corrected chi connectivity index (χ1v) is 8.03. The second kappa shape index (κ2) is 10.9. The highest BCUT2D eigenvalue weighted by molar-refractivity contribution is 5.90. The van der Waals surface area contributed by atoms with Gasteiger partial charge < -0.3 is 20.1 Å². The third-order valence-electron chi connectivity index (χ3n) is 3.08. The summed E-state index contributed by atoms with van der Waals surface area (Å²) in [7, 11) is 0. The number of ether oxygens (including phenoxy) is 2. The molecular formula is C17H28N2O3. The van der Waals surface area contributed by atoms with E-state index in [9.17, 15) is 4.79 Å². The number of amides is 2. The molecule has 22 heavy (non-hydrogen) atoms. The van der Waals surface area contributed by atoms with E-state index in [1.165, 1.54) is 0 Å². The minimum atomic E-state index is -0.224. The van der Waals surface area contributed by atoms with E-state index in [2.05, 4.69) is 17.6 Å². The number of unbranched alkanes of at least 4 members (excludes halogenated alkanes) is 1. The van der Waals surface area contributed by atoms with Crippen molar-refractivity contribution in [3.63, 3.8) is 0 Å². The van der Waals surface area contributed by atoms with Gasteiger partial charge in [-0.25, -0.2) is 4.79 Å². The zero-order valence-corrected chi connectivity index (χ0v) is 13.9. The zero-order chi connectivity index (χ0) is 16.2. The summed E-state index contributed by atoms with van der Waals surface area (Å²) in [6.07, 6.45) is 3.03. The molecule has 2 amide bonds. The van der Waals surface area contributed by atoms with Crippen LogP contribution in [0.5, 0.6) is 5.75 Å². The standard InChI is InChI=1S/C17H28N2O3/c1-4-6-11-21-12-7-10-18-17(20)19-15-9-8-14(3)13-16(15)22-5-2/h8-9,13H,4-7,10-12H2,1-3H3,(H2,18,19,20). The Hall–Kier alpha value is -1.75. The molecule has 0 aromatic heterocycles. The van der Waals surface area contributed by atoms with E-state index >= 15 is 0 Å². The van der Waals surface area contributed by atoms with Crippen LogP contribution in [0.1, 0.15) is 38.7 Å². The molecule has 1 aromatic carbocycles. The number of nitrogens with one attached hydrogen (secondary N) is 2. The molecule has 0 saturated carbocycles. The number of hydrogen-bond donors (Lipinski definition) is 2. The lowest BCUT2D eigenvalue weighted by Gasteiger charge is -2.13. The van der Waals surface area contributed by atoms with Gasteiger partial charge in [-0.3, -0.25) is 0 Å². The van der Waals surface area contributed by atoms with Crippen molar-refractivity contribution in [1.82, 2.24) is 5.32 Å². The Kier molecular flexibility index (Phi) is 9.07. The molecule has 0 aliphatic rings. The van der Waals surface area contributed by atoms with Crippen LogP contribution in [0, 0.1) is 6.92 Å². The van der Waals surface area contributed by atoms with Crippen LogP contribution in [0.25, 0.3) is 0 Å². The number of aryl methyl sites for hydroxylation is 1. The van der Waals surface area contributed by atoms with Crippen LogP contribution in [-0.4, -0.2) is 32.4 Å². The minimum absolute atomic E-state index is 0.224. The van der Waals surface area contributed by atoms with Crippen molar-refractivity contribution in [2.24, 2.45) is 0 Å². The van der Waals surface area contributed by atoms with Crippen LogP contribution >= 0.6 is 0 Å². The average molecular weight is 308 g/mol. The zero-order valence-electron chi connectivity index (χ0n) is 13.9. The normalized spacial score (nSPS) is 10.3. The highest BCUT2D eigenvalue weighted by Crippen LogP contribution is 2.25. The Morgan fingerprint density at radius 2 is 1.95 bits per heavy atom. The third kappa shape index (κ3) is 7.31. The first kappa shape index (κ1) is 18.3. The van der Waals surface area contributed by atoms with Crippen molar-refractivity contribution >= 4 is 11.7 Å². The van der Waals surface area contributed by atoms with Gasteiger partial charge in [-0.15, -0.1) is 0 Å². The van der Waals surface area contributed by atoms with Gasteiger partial charge in [-0.1, -0.05) is 19.4 Å². The van der Waals surface area contributed by atoms with E-state index in [-0.39, 0.29) is 6.03 Å². The molecule has 124 valence electrons. The predicted octanol–water partition coefficient (Wildman–Crippen LogP) is 3.72. The molecule has 0 atom stereocenters. The van der Waals surface area contributed by atoms with Crippen molar-refractivity contribution in [3.05, 3.63) is 23.8 Å². The van der Waals surface area contributed by atoms with E-state index in [4.69, 9.17) is 9.47 Å². The van der Waals surface area contributed by atoms with E-state index in [0.29, 0.717) is 31.2 Å². The second-order valence-corrected chi connectivity index (χ2v) is 5.13.